The topological polar surface area (TPSA) is 77.0 Å². The Labute approximate surface area is 207 Å². The summed E-state index contributed by atoms with van der Waals surface area (Å²) in [7, 11) is 0. The maximum absolute atomic E-state index is 12.7. The average Bonchev–Trinajstić information content (AvgIpc) is 2.84. The van der Waals surface area contributed by atoms with Crippen LogP contribution in [0.3, 0.4) is 0 Å². The molecular weight excluding hydrogens is 438 g/mol. The van der Waals surface area contributed by atoms with Gasteiger partial charge in [0, 0.05) is 62.6 Å². The second-order valence-electron chi connectivity index (χ2n) is 9.91. The predicted octanol–water partition coefficient (Wildman–Crippen LogP) is 3.53. The first kappa shape index (κ1) is 23.5. The van der Waals surface area contributed by atoms with E-state index >= 15 is 0 Å². The fourth-order valence-corrected chi connectivity index (χ4v) is 5.68. The first-order chi connectivity index (χ1) is 16.9. The summed E-state index contributed by atoms with van der Waals surface area (Å²) < 4.78 is 0. The number of anilines is 2. The summed E-state index contributed by atoms with van der Waals surface area (Å²) in [6, 6.07) is 10.4. The molecule has 1 saturated heterocycles. The van der Waals surface area contributed by atoms with Gasteiger partial charge in [-0.1, -0.05) is 6.07 Å². The Kier molecular flexibility index (Phi) is 6.60. The molecule has 0 aliphatic carbocycles. The van der Waals surface area contributed by atoms with Gasteiger partial charge in [0.2, 0.25) is 5.91 Å². The van der Waals surface area contributed by atoms with Crippen LogP contribution in [0.2, 0.25) is 0 Å². The number of carbonyl (C=O) groups is 2. The second-order valence-corrected chi connectivity index (χ2v) is 9.91. The molecule has 2 amide bonds. The van der Waals surface area contributed by atoms with Crippen molar-refractivity contribution in [2.75, 3.05) is 49.5 Å². The number of nitrogens with one attached hydrogen (secondary N) is 2. The molecular formula is C28H35N5O2. The van der Waals surface area contributed by atoms with E-state index in [-0.39, 0.29) is 17.7 Å². The number of aliphatic imine (C=N–C) groups is 1. The van der Waals surface area contributed by atoms with Crippen LogP contribution in [0.1, 0.15) is 52.4 Å². The summed E-state index contributed by atoms with van der Waals surface area (Å²) in [6.45, 7) is 12.3. The number of benzene rings is 2. The van der Waals surface area contributed by atoms with Crippen molar-refractivity contribution in [3.8, 4) is 0 Å². The van der Waals surface area contributed by atoms with Crippen LogP contribution in [-0.2, 0) is 11.3 Å². The van der Waals surface area contributed by atoms with E-state index in [0.717, 1.165) is 74.6 Å². The lowest BCUT2D eigenvalue weighted by molar-refractivity contribution is -0.118. The van der Waals surface area contributed by atoms with Crippen molar-refractivity contribution in [3.63, 3.8) is 0 Å². The maximum Gasteiger partial charge on any atom is 0.251 e. The van der Waals surface area contributed by atoms with E-state index in [4.69, 9.17) is 4.99 Å². The van der Waals surface area contributed by atoms with Gasteiger partial charge in [0.1, 0.15) is 0 Å². The van der Waals surface area contributed by atoms with Crippen LogP contribution in [0.4, 0.5) is 11.4 Å². The number of amides is 2. The Morgan fingerprint density at radius 2 is 1.91 bits per heavy atom. The number of hydrogen-bond donors (Lipinski definition) is 2. The summed E-state index contributed by atoms with van der Waals surface area (Å²) in [6.07, 6.45) is 1.88. The molecule has 0 bridgehead atoms. The van der Waals surface area contributed by atoms with Crippen LogP contribution in [0, 0.1) is 19.8 Å². The van der Waals surface area contributed by atoms with Gasteiger partial charge < -0.3 is 15.5 Å². The molecule has 7 nitrogen and oxygen atoms in total. The van der Waals surface area contributed by atoms with Crippen LogP contribution in [0.5, 0.6) is 0 Å². The van der Waals surface area contributed by atoms with Crippen molar-refractivity contribution in [1.82, 2.24) is 10.2 Å². The van der Waals surface area contributed by atoms with E-state index in [1.807, 2.05) is 19.1 Å². The lowest BCUT2D eigenvalue weighted by Crippen LogP contribution is -2.46. The van der Waals surface area contributed by atoms with Crippen LogP contribution >= 0.6 is 0 Å². The van der Waals surface area contributed by atoms with Crippen LogP contribution in [0.25, 0.3) is 0 Å². The summed E-state index contributed by atoms with van der Waals surface area (Å²) in [5.41, 5.74) is 8.52. The Morgan fingerprint density at radius 3 is 2.66 bits per heavy atom. The van der Waals surface area contributed by atoms with Gasteiger partial charge in [-0.3, -0.25) is 19.5 Å². The Morgan fingerprint density at radius 1 is 1.11 bits per heavy atom. The van der Waals surface area contributed by atoms with Crippen molar-refractivity contribution >= 4 is 28.9 Å². The molecule has 0 saturated carbocycles. The third-order valence-electron chi connectivity index (χ3n) is 7.40. The molecule has 0 aromatic heterocycles. The van der Waals surface area contributed by atoms with E-state index in [1.165, 1.54) is 16.8 Å². The van der Waals surface area contributed by atoms with Crippen LogP contribution < -0.4 is 15.5 Å². The van der Waals surface area contributed by atoms with Crippen molar-refractivity contribution in [3.05, 3.63) is 58.1 Å². The zero-order chi connectivity index (χ0) is 24.5. The highest BCUT2D eigenvalue weighted by molar-refractivity contribution is 6.23. The lowest BCUT2D eigenvalue weighted by Gasteiger charge is -2.37. The number of fused-ring (bicyclic) bond motifs is 3. The SMILES string of the molecule is CCNC(=O)c1ccc(N2CCN(Cc3cc(C)c4c(c3)NC(=O)C3CCCN=C43)CC2)c(C)c1. The average molecular weight is 474 g/mol. The number of piperazine rings is 1. The third-order valence-corrected chi connectivity index (χ3v) is 7.40. The number of aryl methyl sites for hydroxylation is 2. The standard InChI is InChI=1S/C28H35N5O2/c1-4-29-27(34)21-7-8-24(18(2)15-21)33-12-10-32(11-13-33)17-20-14-19(3)25-23(16-20)31-28(35)22-6-5-9-30-26(22)25/h7-8,14-16,22H,4-6,9-13,17H2,1-3H3,(H,29,34)(H,31,35). The highest BCUT2D eigenvalue weighted by atomic mass is 16.2. The van der Waals surface area contributed by atoms with Crippen molar-refractivity contribution in [2.24, 2.45) is 10.9 Å². The minimum absolute atomic E-state index is 0.0189. The molecule has 35 heavy (non-hydrogen) atoms. The number of hydrogen-bond acceptors (Lipinski definition) is 5. The Balaban J connectivity index is 1.25. The molecule has 3 heterocycles. The van der Waals surface area contributed by atoms with Gasteiger partial charge in [-0.15, -0.1) is 0 Å². The maximum atomic E-state index is 12.7. The van der Waals surface area contributed by atoms with Gasteiger partial charge in [0.05, 0.1) is 17.3 Å². The highest BCUT2D eigenvalue weighted by Crippen LogP contribution is 2.34. The third kappa shape index (κ3) is 4.69. The second kappa shape index (κ2) is 9.82. The lowest BCUT2D eigenvalue weighted by atomic mass is 9.83. The molecule has 7 heteroatoms. The fraction of sp³-hybridized carbons (Fsp3) is 0.464. The summed E-state index contributed by atoms with van der Waals surface area (Å²) in [5, 5.41) is 6.02. The first-order valence-electron chi connectivity index (χ1n) is 12.8. The van der Waals surface area contributed by atoms with Crippen molar-refractivity contribution in [1.29, 1.82) is 0 Å². The summed E-state index contributed by atoms with van der Waals surface area (Å²) in [4.78, 5) is 34.4. The zero-order valence-corrected chi connectivity index (χ0v) is 21.0. The highest BCUT2D eigenvalue weighted by Gasteiger charge is 2.35. The van der Waals surface area contributed by atoms with Gasteiger partial charge >= 0.3 is 0 Å². The molecule has 3 aliphatic rings. The van der Waals surface area contributed by atoms with Crippen LogP contribution in [0.15, 0.2) is 35.3 Å². The summed E-state index contributed by atoms with van der Waals surface area (Å²) in [5.74, 6) is -0.0170. The quantitative estimate of drug-likeness (QED) is 0.697. The van der Waals surface area contributed by atoms with Crippen molar-refractivity contribution in [2.45, 2.75) is 40.2 Å². The van der Waals surface area contributed by atoms with E-state index in [9.17, 15) is 9.59 Å². The van der Waals surface area contributed by atoms with E-state index in [1.54, 1.807) is 0 Å². The van der Waals surface area contributed by atoms with E-state index < -0.39 is 0 Å². The number of rotatable bonds is 5. The Bertz CT molecular complexity index is 1180. The first-order valence-corrected chi connectivity index (χ1v) is 12.8. The number of nitrogens with zero attached hydrogens (tertiary/aromatic N) is 3. The number of carbonyl (C=O) groups excluding carboxylic acids is 2. The predicted molar refractivity (Wildman–Crippen MR) is 141 cm³/mol. The minimum Gasteiger partial charge on any atom is -0.369 e. The van der Waals surface area contributed by atoms with Gasteiger partial charge in [0.15, 0.2) is 0 Å². The van der Waals surface area contributed by atoms with Crippen molar-refractivity contribution < 1.29 is 9.59 Å². The van der Waals surface area contributed by atoms with Gasteiger partial charge in [-0.2, -0.15) is 0 Å². The fourth-order valence-electron chi connectivity index (χ4n) is 5.68. The zero-order valence-electron chi connectivity index (χ0n) is 21.0. The molecule has 1 fully saturated rings. The van der Waals surface area contributed by atoms with Gasteiger partial charge in [0.25, 0.3) is 5.91 Å². The molecule has 0 spiro atoms. The van der Waals surface area contributed by atoms with E-state index in [0.29, 0.717) is 12.1 Å². The van der Waals surface area contributed by atoms with Crippen LogP contribution in [-0.4, -0.2) is 61.7 Å². The smallest absolute Gasteiger partial charge is 0.251 e. The molecule has 3 aliphatic heterocycles. The molecule has 5 rings (SSSR count). The largest absolute Gasteiger partial charge is 0.369 e. The Hall–Kier alpha value is -3.19. The summed E-state index contributed by atoms with van der Waals surface area (Å²) >= 11 is 0. The van der Waals surface area contributed by atoms with Gasteiger partial charge in [-0.25, -0.2) is 0 Å². The normalized spacial score (nSPS) is 20.0. The monoisotopic (exact) mass is 473 g/mol. The molecule has 1 atom stereocenters. The molecule has 0 radical (unpaired) electrons. The van der Waals surface area contributed by atoms with Gasteiger partial charge in [-0.05, 0) is 74.6 Å². The molecule has 2 aromatic rings. The van der Waals surface area contributed by atoms with E-state index in [2.05, 4.69) is 52.5 Å². The molecule has 2 aromatic carbocycles. The molecule has 184 valence electrons. The minimum atomic E-state index is -0.0903. The molecule has 1 unspecified atom stereocenters. The molecule has 2 N–H and O–H groups in total.